The molecule has 1 unspecified atom stereocenters. The molecule has 1 heterocycles. The molecule has 0 saturated heterocycles. The number of alkyl halides is 2. The summed E-state index contributed by atoms with van der Waals surface area (Å²) in [4.78, 5) is 11.8. The van der Waals surface area contributed by atoms with Crippen molar-refractivity contribution in [2.75, 3.05) is 6.54 Å². The molecule has 0 fully saturated rings. The van der Waals surface area contributed by atoms with Crippen LogP contribution in [0.25, 0.3) is 0 Å². The van der Waals surface area contributed by atoms with E-state index < -0.39 is 30.5 Å². The Balaban J connectivity index is 1.89. The van der Waals surface area contributed by atoms with Gasteiger partial charge in [0.15, 0.2) is 5.82 Å². The Labute approximate surface area is 130 Å². The number of tetrazole rings is 1. The lowest BCUT2D eigenvalue weighted by Gasteiger charge is -2.16. The average Bonchev–Trinajstić information content (AvgIpc) is 2.90. The number of nitrogens with zero attached hydrogens (tertiary/aromatic N) is 4. The van der Waals surface area contributed by atoms with Gasteiger partial charge in [0.1, 0.15) is 5.82 Å². The number of carbonyl (C=O) groups is 1. The molecule has 6 nitrogen and oxygen atoms in total. The Morgan fingerprint density at radius 3 is 2.78 bits per heavy atom. The zero-order chi connectivity index (χ0) is 16.8. The second-order valence-electron chi connectivity index (χ2n) is 5.02. The first-order chi connectivity index (χ1) is 11.0. The first-order valence-corrected chi connectivity index (χ1v) is 6.99. The largest absolute Gasteiger partial charge is 0.356 e. The number of benzene rings is 1. The van der Waals surface area contributed by atoms with Crippen molar-refractivity contribution in [3.8, 4) is 0 Å². The molecule has 124 valence electrons. The van der Waals surface area contributed by atoms with Crippen LogP contribution in [0.3, 0.4) is 0 Å². The third-order valence-electron chi connectivity index (χ3n) is 3.36. The maximum atomic E-state index is 13.2. The van der Waals surface area contributed by atoms with E-state index in [9.17, 15) is 18.0 Å². The van der Waals surface area contributed by atoms with E-state index in [0.717, 1.165) is 6.07 Å². The van der Waals surface area contributed by atoms with Crippen LogP contribution in [0.2, 0.25) is 0 Å². The van der Waals surface area contributed by atoms with Gasteiger partial charge >= 0.3 is 0 Å². The van der Waals surface area contributed by atoms with E-state index in [4.69, 9.17) is 0 Å². The molecule has 1 atom stereocenters. The summed E-state index contributed by atoms with van der Waals surface area (Å²) in [6.45, 7) is 0.228. The zero-order valence-electron chi connectivity index (χ0n) is 12.4. The predicted molar refractivity (Wildman–Crippen MR) is 75.3 cm³/mol. The minimum absolute atomic E-state index is 0.104. The summed E-state index contributed by atoms with van der Waals surface area (Å²) >= 11 is 0. The van der Waals surface area contributed by atoms with E-state index in [1.165, 1.54) is 22.9 Å². The van der Waals surface area contributed by atoms with Crippen molar-refractivity contribution in [1.29, 1.82) is 0 Å². The van der Waals surface area contributed by atoms with Gasteiger partial charge in [-0.2, -0.15) is 0 Å². The smallest absolute Gasteiger partial charge is 0.245 e. The summed E-state index contributed by atoms with van der Waals surface area (Å²) < 4.78 is 40.9. The zero-order valence-corrected chi connectivity index (χ0v) is 12.4. The van der Waals surface area contributed by atoms with E-state index in [1.54, 1.807) is 7.05 Å². The Hall–Kier alpha value is -2.45. The fraction of sp³-hybridized carbons (Fsp3) is 0.429. The van der Waals surface area contributed by atoms with Gasteiger partial charge in [-0.3, -0.25) is 4.79 Å². The third kappa shape index (κ3) is 4.76. The van der Waals surface area contributed by atoms with Crippen molar-refractivity contribution in [2.24, 2.45) is 7.05 Å². The third-order valence-corrected chi connectivity index (χ3v) is 3.36. The number of carbonyl (C=O) groups excluding carboxylic acids is 1. The molecule has 0 spiro atoms. The van der Waals surface area contributed by atoms with Crippen LogP contribution in [-0.4, -0.2) is 39.1 Å². The molecule has 0 aliphatic carbocycles. The number of amides is 1. The van der Waals surface area contributed by atoms with Crippen molar-refractivity contribution in [2.45, 2.75) is 25.2 Å². The van der Waals surface area contributed by atoms with Crippen molar-refractivity contribution in [3.63, 3.8) is 0 Å². The van der Waals surface area contributed by atoms with Crippen LogP contribution in [-0.2, 0) is 18.3 Å². The van der Waals surface area contributed by atoms with Crippen LogP contribution in [0.1, 0.15) is 23.7 Å². The maximum absolute atomic E-state index is 13.2. The van der Waals surface area contributed by atoms with Crippen LogP contribution < -0.4 is 5.32 Å². The van der Waals surface area contributed by atoms with E-state index in [2.05, 4.69) is 20.8 Å². The minimum Gasteiger partial charge on any atom is -0.356 e. The lowest BCUT2D eigenvalue weighted by molar-refractivity contribution is -0.122. The summed E-state index contributed by atoms with van der Waals surface area (Å²) in [6, 6.07) is 4.92. The number of rotatable bonds is 7. The molecule has 0 radical (unpaired) electrons. The Kier molecular flexibility index (Phi) is 5.67. The summed E-state index contributed by atoms with van der Waals surface area (Å²) in [5, 5.41) is 13.4. The molecule has 0 bridgehead atoms. The van der Waals surface area contributed by atoms with Gasteiger partial charge in [-0.25, -0.2) is 17.9 Å². The Bertz CT molecular complexity index is 661. The van der Waals surface area contributed by atoms with Gasteiger partial charge in [0.25, 0.3) is 0 Å². The number of nitrogens with one attached hydrogen (secondary N) is 1. The molecule has 0 aliphatic rings. The minimum atomic E-state index is -2.76. The number of hydrogen-bond donors (Lipinski definition) is 1. The molecule has 23 heavy (non-hydrogen) atoms. The molecule has 2 rings (SSSR count). The summed E-state index contributed by atoms with van der Waals surface area (Å²) in [7, 11) is 1.66. The molecule has 1 amide bonds. The highest BCUT2D eigenvalue weighted by Gasteiger charge is 2.25. The SMILES string of the molecule is Cn1nnnc1CCNC(=O)CC(c1cccc(F)c1)C(F)F. The van der Waals surface area contributed by atoms with Crippen LogP contribution in [0, 0.1) is 5.82 Å². The van der Waals surface area contributed by atoms with Gasteiger partial charge in [0.2, 0.25) is 12.3 Å². The normalized spacial score (nSPS) is 12.4. The van der Waals surface area contributed by atoms with Crippen molar-refractivity contribution in [1.82, 2.24) is 25.5 Å². The molecule has 1 N–H and O–H groups in total. The van der Waals surface area contributed by atoms with Crippen LogP contribution >= 0.6 is 0 Å². The average molecular weight is 327 g/mol. The summed E-state index contributed by atoms with van der Waals surface area (Å²) in [5.74, 6) is -1.92. The van der Waals surface area contributed by atoms with Crippen LogP contribution in [0.4, 0.5) is 13.2 Å². The fourth-order valence-corrected chi connectivity index (χ4v) is 2.14. The maximum Gasteiger partial charge on any atom is 0.245 e. The Morgan fingerprint density at radius 1 is 1.39 bits per heavy atom. The van der Waals surface area contributed by atoms with Gasteiger partial charge < -0.3 is 5.32 Å². The second kappa shape index (κ2) is 7.70. The number of halogens is 3. The lowest BCUT2D eigenvalue weighted by Crippen LogP contribution is -2.29. The standard InChI is InChI=1S/C14H16F3N5O/c1-22-12(19-20-21-22)5-6-18-13(23)8-11(14(16)17)9-3-2-4-10(15)7-9/h2-4,7,11,14H,5-6,8H2,1H3,(H,18,23). The second-order valence-corrected chi connectivity index (χ2v) is 5.02. The molecule has 1 aromatic carbocycles. The van der Waals surface area contributed by atoms with Gasteiger partial charge in [-0.05, 0) is 28.1 Å². The number of aryl methyl sites for hydroxylation is 1. The number of aromatic nitrogens is 4. The highest BCUT2D eigenvalue weighted by Crippen LogP contribution is 2.27. The molecule has 2 aromatic rings. The molecular formula is C14H16F3N5O. The molecular weight excluding hydrogens is 311 g/mol. The molecule has 0 aliphatic heterocycles. The van der Waals surface area contributed by atoms with E-state index in [1.807, 2.05) is 0 Å². The van der Waals surface area contributed by atoms with E-state index >= 15 is 0 Å². The van der Waals surface area contributed by atoms with Gasteiger partial charge in [0, 0.05) is 26.4 Å². The summed E-state index contributed by atoms with van der Waals surface area (Å²) in [6.07, 6.45) is -2.79. The fourth-order valence-electron chi connectivity index (χ4n) is 2.14. The molecule has 9 heteroatoms. The number of hydrogen-bond acceptors (Lipinski definition) is 4. The topological polar surface area (TPSA) is 72.7 Å². The Morgan fingerprint density at radius 2 is 2.17 bits per heavy atom. The highest BCUT2D eigenvalue weighted by molar-refractivity contribution is 5.76. The van der Waals surface area contributed by atoms with Gasteiger partial charge in [0.05, 0.1) is 5.92 Å². The first-order valence-electron chi connectivity index (χ1n) is 6.99. The molecule has 1 aromatic heterocycles. The van der Waals surface area contributed by atoms with Crippen LogP contribution in [0.15, 0.2) is 24.3 Å². The van der Waals surface area contributed by atoms with Gasteiger partial charge in [-0.15, -0.1) is 5.10 Å². The van der Waals surface area contributed by atoms with Crippen molar-refractivity contribution < 1.29 is 18.0 Å². The van der Waals surface area contributed by atoms with Gasteiger partial charge in [-0.1, -0.05) is 12.1 Å². The van der Waals surface area contributed by atoms with Crippen molar-refractivity contribution >= 4 is 5.91 Å². The van der Waals surface area contributed by atoms with Crippen molar-refractivity contribution in [3.05, 3.63) is 41.5 Å². The monoisotopic (exact) mass is 327 g/mol. The van der Waals surface area contributed by atoms with Crippen LogP contribution in [0.5, 0.6) is 0 Å². The van der Waals surface area contributed by atoms with E-state index in [-0.39, 0.29) is 12.1 Å². The highest BCUT2D eigenvalue weighted by atomic mass is 19.3. The summed E-state index contributed by atoms with van der Waals surface area (Å²) in [5.41, 5.74) is 0.104. The molecule has 0 saturated carbocycles. The lowest BCUT2D eigenvalue weighted by atomic mass is 9.95. The quantitative estimate of drug-likeness (QED) is 0.835. The first kappa shape index (κ1) is 16.9. The van der Waals surface area contributed by atoms with E-state index in [0.29, 0.717) is 12.2 Å². The predicted octanol–water partition coefficient (Wildman–Crippen LogP) is 1.45.